The fourth-order valence-corrected chi connectivity index (χ4v) is 2.24. The summed E-state index contributed by atoms with van der Waals surface area (Å²) in [5.74, 6) is 1.46. The summed E-state index contributed by atoms with van der Waals surface area (Å²) in [5, 5.41) is 4.46. The zero-order valence-corrected chi connectivity index (χ0v) is 11.9. The van der Waals surface area contributed by atoms with Crippen LogP contribution in [0, 0.1) is 5.92 Å². The number of benzene rings is 1. The molecule has 2 rings (SSSR count). The summed E-state index contributed by atoms with van der Waals surface area (Å²) >= 11 is 0. The highest BCUT2D eigenvalue weighted by molar-refractivity contribution is 5.78. The van der Waals surface area contributed by atoms with Crippen molar-refractivity contribution in [3.63, 3.8) is 0 Å². The summed E-state index contributed by atoms with van der Waals surface area (Å²) in [5.41, 5.74) is 1.00. The third-order valence-electron chi connectivity index (χ3n) is 3.58. The van der Waals surface area contributed by atoms with Gasteiger partial charge in [0, 0.05) is 18.1 Å². The lowest BCUT2D eigenvalue weighted by molar-refractivity contribution is 0.472. The molecule has 1 N–H and O–H groups in total. The normalized spacial score (nSPS) is 12.5. The van der Waals surface area contributed by atoms with E-state index in [2.05, 4.69) is 29.1 Å². The Labute approximate surface area is 115 Å². The molecule has 0 aliphatic carbocycles. The molecule has 0 saturated heterocycles. The minimum Gasteiger partial charge on any atom is -0.354 e. The number of aromatic nitrogens is 2. The minimum atomic E-state index is 0.718. The summed E-state index contributed by atoms with van der Waals surface area (Å²) in [6.45, 7) is 5.46. The number of nitrogens with one attached hydrogen (secondary N) is 1. The molecule has 2 aromatic rings. The third-order valence-corrected chi connectivity index (χ3v) is 3.58. The van der Waals surface area contributed by atoms with Crippen LogP contribution < -0.4 is 5.32 Å². The number of hydrogen-bond donors (Lipinski definition) is 1. The average Bonchev–Trinajstić information content (AvgIpc) is 2.47. The van der Waals surface area contributed by atoms with E-state index in [0.29, 0.717) is 0 Å². The SMILES string of the molecule is CCCCC(CC)CNc1ncc2ccccc2n1. The largest absolute Gasteiger partial charge is 0.354 e. The number of nitrogens with zero attached hydrogens (tertiary/aromatic N) is 2. The molecule has 0 fully saturated rings. The van der Waals surface area contributed by atoms with E-state index in [1.807, 2.05) is 30.5 Å². The zero-order chi connectivity index (χ0) is 13.5. The number of hydrogen-bond acceptors (Lipinski definition) is 3. The molecule has 3 heteroatoms. The molecule has 19 heavy (non-hydrogen) atoms. The van der Waals surface area contributed by atoms with Crippen molar-refractivity contribution in [1.29, 1.82) is 0 Å². The highest BCUT2D eigenvalue weighted by atomic mass is 15.1. The Hall–Kier alpha value is -1.64. The van der Waals surface area contributed by atoms with E-state index in [4.69, 9.17) is 0 Å². The Morgan fingerprint density at radius 3 is 2.84 bits per heavy atom. The smallest absolute Gasteiger partial charge is 0.223 e. The van der Waals surface area contributed by atoms with E-state index in [1.54, 1.807) is 0 Å². The summed E-state index contributed by atoms with van der Waals surface area (Å²) in [6, 6.07) is 8.08. The van der Waals surface area contributed by atoms with E-state index >= 15 is 0 Å². The van der Waals surface area contributed by atoms with Crippen molar-refractivity contribution < 1.29 is 0 Å². The number of fused-ring (bicyclic) bond motifs is 1. The number of anilines is 1. The van der Waals surface area contributed by atoms with Crippen molar-refractivity contribution in [3.8, 4) is 0 Å². The average molecular weight is 257 g/mol. The molecule has 0 aliphatic rings. The number of unbranched alkanes of at least 4 members (excludes halogenated alkanes) is 1. The molecule has 0 amide bonds. The Morgan fingerprint density at radius 2 is 2.05 bits per heavy atom. The number of para-hydroxylation sites is 1. The molecule has 0 radical (unpaired) electrons. The minimum absolute atomic E-state index is 0.718. The van der Waals surface area contributed by atoms with Crippen LogP contribution in [-0.2, 0) is 0 Å². The van der Waals surface area contributed by atoms with Crippen molar-refractivity contribution in [2.45, 2.75) is 39.5 Å². The van der Waals surface area contributed by atoms with Crippen LogP contribution in [0.3, 0.4) is 0 Å². The van der Waals surface area contributed by atoms with Gasteiger partial charge >= 0.3 is 0 Å². The fraction of sp³-hybridized carbons (Fsp3) is 0.500. The van der Waals surface area contributed by atoms with Crippen molar-refractivity contribution in [3.05, 3.63) is 30.5 Å². The van der Waals surface area contributed by atoms with Gasteiger partial charge in [-0.2, -0.15) is 0 Å². The molecule has 102 valence electrons. The Bertz CT molecular complexity index is 510. The molecule has 1 atom stereocenters. The second kappa shape index (κ2) is 7.07. The highest BCUT2D eigenvalue weighted by Gasteiger charge is 2.06. The second-order valence-electron chi connectivity index (χ2n) is 5.05. The molecular formula is C16H23N3. The van der Waals surface area contributed by atoms with E-state index < -0.39 is 0 Å². The summed E-state index contributed by atoms with van der Waals surface area (Å²) in [6.07, 6.45) is 6.95. The van der Waals surface area contributed by atoms with Crippen LogP contribution in [0.1, 0.15) is 39.5 Å². The molecule has 1 aromatic carbocycles. The molecule has 0 bridgehead atoms. The van der Waals surface area contributed by atoms with Crippen molar-refractivity contribution >= 4 is 16.9 Å². The lowest BCUT2D eigenvalue weighted by atomic mass is 9.99. The van der Waals surface area contributed by atoms with Crippen molar-refractivity contribution in [2.24, 2.45) is 5.92 Å². The zero-order valence-electron chi connectivity index (χ0n) is 11.9. The first kappa shape index (κ1) is 13.8. The lowest BCUT2D eigenvalue weighted by Crippen LogP contribution is -2.15. The second-order valence-corrected chi connectivity index (χ2v) is 5.05. The van der Waals surface area contributed by atoms with Gasteiger partial charge in [-0.25, -0.2) is 9.97 Å². The van der Waals surface area contributed by atoms with Crippen LogP contribution in [0.15, 0.2) is 30.5 Å². The van der Waals surface area contributed by atoms with Crippen LogP contribution in [-0.4, -0.2) is 16.5 Å². The first-order chi connectivity index (χ1) is 9.33. The molecule has 0 aliphatic heterocycles. The van der Waals surface area contributed by atoms with E-state index in [9.17, 15) is 0 Å². The predicted molar refractivity (Wildman–Crippen MR) is 81.3 cm³/mol. The van der Waals surface area contributed by atoms with Crippen LogP contribution in [0.2, 0.25) is 0 Å². The summed E-state index contributed by atoms with van der Waals surface area (Å²) in [4.78, 5) is 8.91. The molecule has 1 unspecified atom stereocenters. The quantitative estimate of drug-likeness (QED) is 0.805. The predicted octanol–water partition coefficient (Wildman–Crippen LogP) is 4.26. The molecule has 0 saturated carbocycles. The van der Waals surface area contributed by atoms with Crippen molar-refractivity contribution in [2.75, 3.05) is 11.9 Å². The standard InChI is InChI=1S/C16H23N3/c1-3-5-8-13(4-2)11-17-16-18-12-14-9-6-7-10-15(14)19-16/h6-7,9-10,12-13H,3-5,8,11H2,1-2H3,(H,17,18,19). The van der Waals surface area contributed by atoms with E-state index in [0.717, 1.165) is 29.3 Å². The first-order valence-electron chi connectivity index (χ1n) is 7.29. The Morgan fingerprint density at radius 1 is 1.21 bits per heavy atom. The highest BCUT2D eigenvalue weighted by Crippen LogP contribution is 2.15. The monoisotopic (exact) mass is 257 g/mol. The fourth-order valence-electron chi connectivity index (χ4n) is 2.24. The van der Waals surface area contributed by atoms with Gasteiger partial charge in [-0.15, -0.1) is 0 Å². The Kier molecular flexibility index (Phi) is 5.13. The van der Waals surface area contributed by atoms with Gasteiger partial charge in [-0.05, 0) is 18.4 Å². The van der Waals surface area contributed by atoms with Crippen LogP contribution in [0.4, 0.5) is 5.95 Å². The van der Waals surface area contributed by atoms with Gasteiger partial charge in [0.15, 0.2) is 0 Å². The molecule has 1 heterocycles. The third kappa shape index (κ3) is 3.91. The maximum absolute atomic E-state index is 4.54. The topological polar surface area (TPSA) is 37.8 Å². The van der Waals surface area contributed by atoms with Gasteiger partial charge < -0.3 is 5.32 Å². The van der Waals surface area contributed by atoms with Crippen LogP contribution >= 0.6 is 0 Å². The van der Waals surface area contributed by atoms with Crippen LogP contribution in [0.5, 0.6) is 0 Å². The maximum atomic E-state index is 4.54. The van der Waals surface area contributed by atoms with Gasteiger partial charge in [0.2, 0.25) is 5.95 Å². The van der Waals surface area contributed by atoms with Gasteiger partial charge in [0.25, 0.3) is 0 Å². The van der Waals surface area contributed by atoms with Crippen molar-refractivity contribution in [1.82, 2.24) is 9.97 Å². The summed E-state index contributed by atoms with van der Waals surface area (Å²) in [7, 11) is 0. The molecule has 1 aromatic heterocycles. The maximum Gasteiger partial charge on any atom is 0.223 e. The number of rotatable bonds is 7. The molecular weight excluding hydrogens is 234 g/mol. The van der Waals surface area contributed by atoms with E-state index in [1.165, 1.54) is 25.7 Å². The van der Waals surface area contributed by atoms with Gasteiger partial charge in [0.1, 0.15) is 0 Å². The lowest BCUT2D eigenvalue weighted by Gasteiger charge is -2.15. The Balaban J connectivity index is 1.96. The summed E-state index contributed by atoms with van der Waals surface area (Å²) < 4.78 is 0. The van der Waals surface area contributed by atoms with Gasteiger partial charge in [-0.1, -0.05) is 51.3 Å². The van der Waals surface area contributed by atoms with Gasteiger partial charge in [-0.3, -0.25) is 0 Å². The first-order valence-corrected chi connectivity index (χ1v) is 7.29. The van der Waals surface area contributed by atoms with Crippen LogP contribution in [0.25, 0.3) is 10.9 Å². The molecule has 0 spiro atoms. The van der Waals surface area contributed by atoms with E-state index in [-0.39, 0.29) is 0 Å². The van der Waals surface area contributed by atoms with Gasteiger partial charge in [0.05, 0.1) is 5.52 Å². The molecule has 3 nitrogen and oxygen atoms in total.